The third-order valence-electron chi connectivity index (χ3n) is 4.70. The summed E-state index contributed by atoms with van der Waals surface area (Å²) in [6.45, 7) is 8.78. The Hall–Kier alpha value is -2.48. The average Bonchev–Trinajstić information content (AvgIpc) is 3.38. The number of hydrogen-bond acceptors (Lipinski definition) is 6. The molecule has 0 radical (unpaired) electrons. The number of amides is 1. The van der Waals surface area contributed by atoms with Crippen molar-refractivity contribution in [3.05, 3.63) is 46.1 Å². The zero-order chi connectivity index (χ0) is 20.1. The molecular weight excluding hydrogens is 374 g/mol. The van der Waals surface area contributed by atoms with Crippen LogP contribution in [0, 0.1) is 13.8 Å². The van der Waals surface area contributed by atoms with E-state index in [2.05, 4.69) is 34.5 Å². The number of nitrogens with zero attached hydrogens (tertiary/aromatic N) is 4. The second-order valence-corrected chi connectivity index (χ2v) is 8.01. The van der Waals surface area contributed by atoms with Crippen LogP contribution in [0.4, 0.5) is 5.13 Å². The Morgan fingerprint density at radius 1 is 1.29 bits per heavy atom. The molecule has 0 unspecified atom stereocenters. The van der Waals surface area contributed by atoms with E-state index in [1.54, 1.807) is 12.1 Å². The molecule has 0 aliphatic rings. The second-order valence-electron chi connectivity index (χ2n) is 7.00. The Morgan fingerprint density at radius 2 is 2.11 bits per heavy atom. The number of furan rings is 1. The van der Waals surface area contributed by atoms with E-state index in [9.17, 15) is 4.79 Å². The fraction of sp³-hybridized carbons (Fsp3) is 0.500. The predicted octanol–water partition coefficient (Wildman–Crippen LogP) is 4.93. The van der Waals surface area contributed by atoms with Gasteiger partial charge in [0.1, 0.15) is 10.8 Å². The standard InChI is InChI=1S/C20H27N5O2S/c1-5-7-8-15(6-2)19-22-23-20(28-19)21-18(26)17-10-9-16(27-17)12-25-14(4)11-13(3)24-25/h9-11,15H,5-8,12H2,1-4H3,(H,21,23,26)/t15-/m1/s1. The van der Waals surface area contributed by atoms with Crippen molar-refractivity contribution in [2.75, 3.05) is 5.32 Å². The van der Waals surface area contributed by atoms with Gasteiger partial charge in [-0.3, -0.25) is 14.8 Å². The van der Waals surface area contributed by atoms with E-state index in [1.165, 1.54) is 17.8 Å². The number of carbonyl (C=O) groups excluding carboxylic acids is 1. The zero-order valence-corrected chi connectivity index (χ0v) is 17.7. The maximum absolute atomic E-state index is 12.5. The number of aromatic nitrogens is 4. The lowest BCUT2D eigenvalue weighted by Crippen LogP contribution is -2.10. The molecule has 28 heavy (non-hydrogen) atoms. The first-order valence-electron chi connectivity index (χ1n) is 9.74. The fourth-order valence-corrected chi connectivity index (χ4v) is 4.09. The number of rotatable bonds is 9. The molecule has 0 saturated heterocycles. The summed E-state index contributed by atoms with van der Waals surface area (Å²) in [5.74, 6) is 1.02. The molecule has 3 aromatic rings. The first kappa shape index (κ1) is 20.3. The second kappa shape index (κ2) is 9.14. The quantitative estimate of drug-likeness (QED) is 0.549. The summed E-state index contributed by atoms with van der Waals surface area (Å²) in [6, 6.07) is 5.48. The molecule has 7 nitrogen and oxygen atoms in total. The Morgan fingerprint density at radius 3 is 2.79 bits per heavy atom. The smallest absolute Gasteiger partial charge is 0.293 e. The SMILES string of the molecule is CCCC[C@@H](CC)c1nnc(NC(=O)c2ccc(Cn3nc(C)cc3C)o2)s1. The molecular formula is C20H27N5O2S. The summed E-state index contributed by atoms with van der Waals surface area (Å²) in [5, 5.41) is 17.1. The van der Waals surface area contributed by atoms with E-state index >= 15 is 0 Å². The average molecular weight is 402 g/mol. The molecule has 3 heterocycles. The van der Waals surface area contributed by atoms with Crippen LogP contribution >= 0.6 is 11.3 Å². The minimum atomic E-state index is -0.316. The summed E-state index contributed by atoms with van der Waals surface area (Å²) in [6.07, 6.45) is 4.46. The van der Waals surface area contributed by atoms with Gasteiger partial charge in [0.15, 0.2) is 5.76 Å². The highest BCUT2D eigenvalue weighted by molar-refractivity contribution is 7.15. The zero-order valence-electron chi connectivity index (χ0n) is 16.9. The van der Waals surface area contributed by atoms with Crippen LogP contribution in [0.25, 0.3) is 0 Å². The summed E-state index contributed by atoms with van der Waals surface area (Å²) in [4.78, 5) is 12.5. The number of unbranched alkanes of at least 4 members (excludes halogenated alkanes) is 1. The highest BCUT2D eigenvalue weighted by Gasteiger charge is 2.18. The van der Waals surface area contributed by atoms with Gasteiger partial charge in [-0.1, -0.05) is 38.0 Å². The van der Waals surface area contributed by atoms with Crippen LogP contribution in [-0.4, -0.2) is 25.9 Å². The van der Waals surface area contributed by atoms with Crippen LogP contribution in [0.5, 0.6) is 0 Å². The molecule has 1 amide bonds. The third-order valence-corrected chi connectivity index (χ3v) is 5.70. The minimum Gasteiger partial charge on any atom is -0.454 e. The number of aryl methyl sites for hydroxylation is 2. The maximum Gasteiger partial charge on any atom is 0.293 e. The van der Waals surface area contributed by atoms with Gasteiger partial charge < -0.3 is 4.42 Å². The molecule has 0 aliphatic carbocycles. The number of nitrogens with one attached hydrogen (secondary N) is 1. The molecule has 0 spiro atoms. The van der Waals surface area contributed by atoms with Gasteiger partial charge in [0.05, 0.1) is 12.2 Å². The number of hydrogen-bond donors (Lipinski definition) is 1. The van der Waals surface area contributed by atoms with Crippen molar-refractivity contribution in [1.29, 1.82) is 0 Å². The molecule has 1 N–H and O–H groups in total. The highest BCUT2D eigenvalue weighted by Crippen LogP contribution is 2.30. The van der Waals surface area contributed by atoms with Crippen LogP contribution in [0.3, 0.4) is 0 Å². The molecule has 0 aromatic carbocycles. The fourth-order valence-electron chi connectivity index (χ4n) is 3.13. The largest absolute Gasteiger partial charge is 0.454 e. The summed E-state index contributed by atoms with van der Waals surface area (Å²) >= 11 is 1.44. The van der Waals surface area contributed by atoms with Crippen LogP contribution in [-0.2, 0) is 6.54 Å². The van der Waals surface area contributed by atoms with Crippen molar-refractivity contribution in [2.45, 2.75) is 65.8 Å². The lowest BCUT2D eigenvalue weighted by molar-refractivity contribution is 0.0994. The summed E-state index contributed by atoms with van der Waals surface area (Å²) in [5.41, 5.74) is 2.01. The van der Waals surface area contributed by atoms with Crippen molar-refractivity contribution in [2.24, 2.45) is 0 Å². The van der Waals surface area contributed by atoms with E-state index in [-0.39, 0.29) is 11.7 Å². The molecule has 3 rings (SSSR count). The van der Waals surface area contributed by atoms with Crippen LogP contribution in [0.15, 0.2) is 22.6 Å². The number of carbonyl (C=O) groups is 1. The molecule has 0 fully saturated rings. The van der Waals surface area contributed by atoms with Crippen LogP contribution < -0.4 is 5.32 Å². The maximum atomic E-state index is 12.5. The minimum absolute atomic E-state index is 0.256. The summed E-state index contributed by atoms with van der Waals surface area (Å²) in [7, 11) is 0. The first-order chi connectivity index (χ1) is 13.5. The van der Waals surface area contributed by atoms with Crippen LogP contribution in [0.1, 0.15) is 78.2 Å². The van der Waals surface area contributed by atoms with E-state index in [1.807, 2.05) is 24.6 Å². The monoisotopic (exact) mass is 401 g/mol. The Labute approximate surface area is 169 Å². The first-order valence-corrected chi connectivity index (χ1v) is 10.6. The van der Waals surface area contributed by atoms with E-state index in [0.29, 0.717) is 23.4 Å². The molecule has 0 aliphatic heterocycles. The molecule has 0 bridgehead atoms. The Bertz CT molecular complexity index is 927. The highest BCUT2D eigenvalue weighted by atomic mass is 32.1. The Balaban J connectivity index is 1.62. The normalized spacial score (nSPS) is 12.3. The van der Waals surface area contributed by atoms with Crippen molar-refractivity contribution in [3.8, 4) is 0 Å². The van der Waals surface area contributed by atoms with Gasteiger partial charge in [0.2, 0.25) is 5.13 Å². The molecule has 150 valence electrons. The molecule has 8 heteroatoms. The van der Waals surface area contributed by atoms with E-state index in [0.717, 1.165) is 35.7 Å². The van der Waals surface area contributed by atoms with Gasteiger partial charge in [-0.05, 0) is 44.9 Å². The lowest BCUT2D eigenvalue weighted by atomic mass is 10.0. The van der Waals surface area contributed by atoms with Crippen LogP contribution in [0.2, 0.25) is 0 Å². The van der Waals surface area contributed by atoms with Gasteiger partial charge in [0.25, 0.3) is 5.91 Å². The number of anilines is 1. The molecule has 0 saturated carbocycles. The van der Waals surface area contributed by atoms with Gasteiger partial charge in [-0.15, -0.1) is 10.2 Å². The molecule has 1 atom stereocenters. The molecule has 3 aromatic heterocycles. The van der Waals surface area contributed by atoms with E-state index < -0.39 is 0 Å². The van der Waals surface area contributed by atoms with Crippen molar-refractivity contribution in [3.63, 3.8) is 0 Å². The van der Waals surface area contributed by atoms with Gasteiger partial charge >= 0.3 is 0 Å². The van der Waals surface area contributed by atoms with Gasteiger partial charge in [-0.25, -0.2) is 0 Å². The van der Waals surface area contributed by atoms with Crippen molar-refractivity contribution >= 4 is 22.4 Å². The predicted molar refractivity (Wildman–Crippen MR) is 110 cm³/mol. The van der Waals surface area contributed by atoms with E-state index in [4.69, 9.17) is 4.42 Å². The van der Waals surface area contributed by atoms with Crippen molar-refractivity contribution < 1.29 is 9.21 Å². The summed E-state index contributed by atoms with van der Waals surface area (Å²) < 4.78 is 7.55. The van der Waals surface area contributed by atoms with Crippen molar-refractivity contribution in [1.82, 2.24) is 20.0 Å². The third kappa shape index (κ3) is 4.86. The Kier molecular flexibility index (Phi) is 6.61. The topological polar surface area (TPSA) is 85.8 Å². The van der Waals surface area contributed by atoms with Gasteiger partial charge in [0, 0.05) is 11.6 Å². The van der Waals surface area contributed by atoms with Gasteiger partial charge in [-0.2, -0.15) is 5.10 Å². The lowest BCUT2D eigenvalue weighted by Gasteiger charge is -2.09.